The fourth-order valence-corrected chi connectivity index (χ4v) is 2.74. The maximum Gasteiger partial charge on any atom is 0.0198 e. The Hall–Kier alpha value is -0.0800. The molecule has 94 valence electrons. The molecule has 0 amide bonds. The van der Waals surface area contributed by atoms with E-state index >= 15 is 0 Å². The monoisotopic (exact) mass is 224 g/mol. The van der Waals surface area contributed by atoms with Gasteiger partial charge >= 0.3 is 0 Å². The second-order valence-electron chi connectivity index (χ2n) is 5.64. The van der Waals surface area contributed by atoms with Gasteiger partial charge < -0.3 is 10.2 Å². The van der Waals surface area contributed by atoms with Crippen molar-refractivity contribution in [3.63, 3.8) is 0 Å². The van der Waals surface area contributed by atoms with E-state index in [1.54, 1.807) is 0 Å². The average molecular weight is 224 g/mol. The van der Waals surface area contributed by atoms with Crippen molar-refractivity contribution >= 4 is 0 Å². The van der Waals surface area contributed by atoms with Crippen LogP contribution in [0.1, 0.15) is 58.3 Å². The molecule has 0 aromatic rings. The van der Waals surface area contributed by atoms with Gasteiger partial charge in [-0.3, -0.25) is 0 Å². The van der Waals surface area contributed by atoms with Gasteiger partial charge in [-0.15, -0.1) is 0 Å². The van der Waals surface area contributed by atoms with Crippen LogP contribution in [0.3, 0.4) is 0 Å². The maximum atomic E-state index is 3.78. The summed E-state index contributed by atoms with van der Waals surface area (Å²) in [7, 11) is 0. The number of hydrogen-bond acceptors (Lipinski definition) is 2. The van der Waals surface area contributed by atoms with Crippen LogP contribution in [0.2, 0.25) is 0 Å². The minimum atomic E-state index is 0.799. The molecule has 1 unspecified atom stereocenters. The van der Waals surface area contributed by atoms with E-state index in [2.05, 4.69) is 17.1 Å². The van der Waals surface area contributed by atoms with Crippen molar-refractivity contribution < 1.29 is 0 Å². The first-order valence-electron chi connectivity index (χ1n) is 7.37. The van der Waals surface area contributed by atoms with Gasteiger partial charge in [0.25, 0.3) is 0 Å². The summed E-state index contributed by atoms with van der Waals surface area (Å²) < 4.78 is 0. The van der Waals surface area contributed by atoms with Crippen molar-refractivity contribution in [1.29, 1.82) is 0 Å². The quantitative estimate of drug-likeness (QED) is 0.669. The normalized spacial score (nSPS) is 27.2. The fraction of sp³-hybridized carbons (Fsp3) is 1.00. The Balaban J connectivity index is 1.57. The highest BCUT2D eigenvalue weighted by Gasteiger charge is 2.27. The van der Waals surface area contributed by atoms with Crippen LogP contribution in [0, 0.1) is 0 Å². The molecule has 2 aliphatic rings. The Labute approximate surface area is 101 Å². The maximum absolute atomic E-state index is 3.78. The molecule has 0 aromatic carbocycles. The summed E-state index contributed by atoms with van der Waals surface area (Å²) in [4.78, 5) is 2.68. The van der Waals surface area contributed by atoms with Gasteiger partial charge in [-0.25, -0.2) is 0 Å². The Morgan fingerprint density at radius 1 is 1.06 bits per heavy atom. The zero-order valence-electron chi connectivity index (χ0n) is 10.9. The molecule has 1 saturated carbocycles. The second-order valence-corrected chi connectivity index (χ2v) is 5.64. The molecule has 1 aliphatic heterocycles. The van der Waals surface area contributed by atoms with Crippen LogP contribution in [-0.2, 0) is 0 Å². The third-order valence-electron chi connectivity index (χ3n) is 3.88. The largest absolute Gasteiger partial charge is 0.310 e. The standard InChI is InChI=1S/C14H28N2/c1-2-3-4-5-10-16-11-6-7-14(12-16)15-13-8-9-13/h13-15H,2-12H2,1H3. The Morgan fingerprint density at radius 3 is 2.69 bits per heavy atom. The van der Waals surface area contributed by atoms with Crippen LogP contribution in [0.4, 0.5) is 0 Å². The highest BCUT2D eigenvalue weighted by molar-refractivity contribution is 4.87. The number of likely N-dealkylation sites (tertiary alicyclic amines) is 1. The summed E-state index contributed by atoms with van der Waals surface area (Å²) in [6.07, 6.45) is 11.3. The predicted octanol–water partition coefficient (Wildman–Crippen LogP) is 2.78. The summed E-state index contributed by atoms with van der Waals surface area (Å²) in [5.74, 6) is 0. The molecule has 0 radical (unpaired) electrons. The number of piperidine rings is 1. The molecular formula is C14H28N2. The number of hydrogen-bond donors (Lipinski definition) is 1. The van der Waals surface area contributed by atoms with Gasteiger partial charge in [0.1, 0.15) is 0 Å². The lowest BCUT2D eigenvalue weighted by Crippen LogP contribution is -2.46. The summed E-state index contributed by atoms with van der Waals surface area (Å²) in [6, 6.07) is 1.68. The average Bonchev–Trinajstić information content (AvgIpc) is 3.09. The molecule has 1 heterocycles. The highest BCUT2D eigenvalue weighted by atomic mass is 15.2. The first-order valence-corrected chi connectivity index (χ1v) is 7.37. The molecule has 1 aliphatic carbocycles. The number of nitrogens with zero attached hydrogens (tertiary/aromatic N) is 1. The smallest absolute Gasteiger partial charge is 0.0198 e. The summed E-state index contributed by atoms with van der Waals surface area (Å²) >= 11 is 0. The van der Waals surface area contributed by atoms with Crippen LogP contribution in [0.5, 0.6) is 0 Å². The molecule has 1 atom stereocenters. The predicted molar refractivity (Wildman–Crippen MR) is 69.8 cm³/mol. The van der Waals surface area contributed by atoms with E-state index in [0.29, 0.717) is 0 Å². The lowest BCUT2D eigenvalue weighted by molar-refractivity contribution is 0.186. The van der Waals surface area contributed by atoms with Crippen molar-refractivity contribution in [2.75, 3.05) is 19.6 Å². The zero-order valence-corrected chi connectivity index (χ0v) is 10.9. The van der Waals surface area contributed by atoms with Crippen LogP contribution in [-0.4, -0.2) is 36.6 Å². The number of nitrogens with one attached hydrogen (secondary N) is 1. The van der Waals surface area contributed by atoms with E-state index in [9.17, 15) is 0 Å². The molecule has 2 fully saturated rings. The fourth-order valence-electron chi connectivity index (χ4n) is 2.74. The van der Waals surface area contributed by atoms with Crippen LogP contribution in [0.15, 0.2) is 0 Å². The van der Waals surface area contributed by atoms with Crippen molar-refractivity contribution in [2.45, 2.75) is 70.4 Å². The molecule has 1 N–H and O–H groups in total. The highest BCUT2D eigenvalue weighted by Crippen LogP contribution is 2.22. The molecule has 0 aromatic heterocycles. The minimum absolute atomic E-state index is 0.799. The van der Waals surface area contributed by atoms with E-state index in [-0.39, 0.29) is 0 Å². The summed E-state index contributed by atoms with van der Waals surface area (Å²) in [5.41, 5.74) is 0. The van der Waals surface area contributed by atoms with Gasteiger partial charge in [0.05, 0.1) is 0 Å². The molecule has 16 heavy (non-hydrogen) atoms. The third-order valence-corrected chi connectivity index (χ3v) is 3.88. The Kier molecular flexibility index (Phi) is 5.11. The summed E-state index contributed by atoms with van der Waals surface area (Å²) in [5, 5.41) is 3.78. The van der Waals surface area contributed by atoms with Crippen molar-refractivity contribution in [1.82, 2.24) is 10.2 Å². The van der Waals surface area contributed by atoms with Crippen molar-refractivity contribution in [2.24, 2.45) is 0 Å². The van der Waals surface area contributed by atoms with E-state index in [1.165, 1.54) is 71.0 Å². The lowest BCUT2D eigenvalue weighted by atomic mass is 10.0. The molecule has 2 heteroatoms. The van der Waals surface area contributed by atoms with E-state index in [1.807, 2.05) is 0 Å². The Morgan fingerprint density at radius 2 is 1.94 bits per heavy atom. The first-order chi connectivity index (χ1) is 7.88. The van der Waals surface area contributed by atoms with Gasteiger partial charge in [0.15, 0.2) is 0 Å². The lowest BCUT2D eigenvalue weighted by Gasteiger charge is -2.33. The number of unbranched alkanes of at least 4 members (excludes halogenated alkanes) is 3. The SMILES string of the molecule is CCCCCCN1CCCC(NC2CC2)C1. The van der Waals surface area contributed by atoms with E-state index in [4.69, 9.17) is 0 Å². The van der Waals surface area contributed by atoms with Crippen molar-refractivity contribution in [3.05, 3.63) is 0 Å². The second kappa shape index (κ2) is 6.61. The topological polar surface area (TPSA) is 15.3 Å². The van der Waals surface area contributed by atoms with E-state index in [0.717, 1.165) is 12.1 Å². The van der Waals surface area contributed by atoms with Gasteiger partial charge in [0, 0.05) is 18.6 Å². The van der Waals surface area contributed by atoms with E-state index < -0.39 is 0 Å². The molecule has 2 nitrogen and oxygen atoms in total. The molecule has 0 bridgehead atoms. The van der Waals surface area contributed by atoms with Crippen LogP contribution in [0.25, 0.3) is 0 Å². The van der Waals surface area contributed by atoms with Gasteiger partial charge in [-0.05, 0) is 45.2 Å². The molecule has 1 saturated heterocycles. The van der Waals surface area contributed by atoms with Gasteiger partial charge in [-0.2, -0.15) is 0 Å². The Bertz CT molecular complexity index is 189. The first kappa shape index (κ1) is 12.4. The number of rotatable bonds is 7. The summed E-state index contributed by atoms with van der Waals surface area (Å²) in [6.45, 7) is 6.27. The van der Waals surface area contributed by atoms with Crippen LogP contribution < -0.4 is 5.32 Å². The molecular weight excluding hydrogens is 196 g/mol. The van der Waals surface area contributed by atoms with Crippen LogP contribution >= 0.6 is 0 Å². The molecule has 0 spiro atoms. The molecule has 2 rings (SSSR count). The van der Waals surface area contributed by atoms with Gasteiger partial charge in [0.2, 0.25) is 0 Å². The minimum Gasteiger partial charge on any atom is -0.310 e. The zero-order chi connectivity index (χ0) is 11.2. The van der Waals surface area contributed by atoms with Crippen molar-refractivity contribution in [3.8, 4) is 0 Å². The third kappa shape index (κ3) is 4.42. The van der Waals surface area contributed by atoms with Gasteiger partial charge in [-0.1, -0.05) is 26.2 Å².